The third kappa shape index (κ3) is 5.35. The van der Waals surface area contributed by atoms with E-state index in [-0.39, 0.29) is 6.10 Å². The largest absolute Gasteiger partial charge is 0.445 e. The van der Waals surface area contributed by atoms with Crippen LogP contribution in [-0.4, -0.2) is 23.7 Å². The highest BCUT2D eigenvalue weighted by Gasteiger charge is 2.06. The number of hydrogen-bond acceptors (Lipinski definition) is 4. The summed E-state index contributed by atoms with van der Waals surface area (Å²) in [6.07, 6.45) is 0.309. The number of hydroxylamine groups is 1. The molecule has 5 heteroatoms. The molecule has 0 fully saturated rings. The number of nitrogens with one attached hydrogen (secondary N) is 1. The van der Waals surface area contributed by atoms with Crippen LogP contribution < -0.4 is 5.48 Å². The van der Waals surface area contributed by atoms with Crippen molar-refractivity contribution in [2.45, 2.75) is 25.9 Å². The average molecular weight is 161 g/mol. The summed E-state index contributed by atoms with van der Waals surface area (Å²) in [4.78, 5) is 20.2. The van der Waals surface area contributed by atoms with Crippen molar-refractivity contribution in [2.24, 2.45) is 0 Å². The van der Waals surface area contributed by atoms with Gasteiger partial charge in [0.1, 0.15) is 12.4 Å². The molecule has 0 radical (unpaired) electrons. The highest BCUT2D eigenvalue weighted by atomic mass is 16.6. The molecule has 64 valence electrons. The third-order valence-corrected chi connectivity index (χ3v) is 1.09. The first-order chi connectivity index (χ1) is 5.20. The molecule has 1 unspecified atom stereocenters. The van der Waals surface area contributed by atoms with Gasteiger partial charge in [-0.15, -0.1) is 0 Å². The van der Waals surface area contributed by atoms with E-state index < -0.39 is 6.09 Å². The van der Waals surface area contributed by atoms with Crippen molar-refractivity contribution in [2.75, 3.05) is 0 Å². The van der Waals surface area contributed by atoms with Gasteiger partial charge in [-0.2, -0.15) is 0 Å². The molecule has 0 spiro atoms. The van der Waals surface area contributed by atoms with E-state index in [0.717, 1.165) is 6.29 Å². The normalized spacial score (nSPS) is 11.8. The number of rotatable bonds is 4. The van der Waals surface area contributed by atoms with Gasteiger partial charge in [-0.25, -0.2) is 10.3 Å². The number of hydrogen-bond donors (Lipinski definition) is 2. The van der Waals surface area contributed by atoms with Gasteiger partial charge in [-0.05, 0) is 13.3 Å². The van der Waals surface area contributed by atoms with E-state index in [1.165, 1.54) is 5.48 Å². The SMILES string of the molecule is CC(CCC=O)OC(=O)NO. The maximum Gasteiger partial charge on any atom is 0.431 e. The zero-order valence-corrected chi connectivity index (χ0v) is 6.24. The summed E-state index contributed by atoms with van der Waals surface area (Å²) < 4.78 is 4.54. The van der Waals surface area contributed by atoms with E-state index in [1.807, 2.05) is 0 Å². The lowest BCUT2D eigenvalue weighted by Gasteiger charge is -2.09. The molecule has 5 nitrogen and oxygen atoms in total. The maximum absolute atomic E-state index is 10.3. The second-order valence-electron chi connectivity index (χ2n) is 2.07. The Kier molecular flexibility index (Phi) is 5.10. The van der Waals surface area contributed by atoms with Crippen molar-refractivity contribution < 1.29 is 19.5 Å². The lowest BCUT2D eigenvalue weighted by Crippen LogP contribution is -2.24. The van der Waals surface area contributed by atoms with E-state index in [0.29, 0.717) is 12.8 Å². The summed E-state index contributed by atoms with van der Waals surface area (Å²) >= 11 is 0. The smallest absolute Gasteiger partial charge is 0.431 e. The molecule has 0 saturated heterocycles. The Bertz CT molecular complexity index is 137. The number of ether oxygens (including phenoxy) is 1. The van der Waals surface area contributed by atoms with Crippen molar-refractivity contribution >= 4 is 12.4 Å². The molecule has 11 heavy (non-hydrogen) atoms. The quantitative estimate of drug-likeness (QED) is 0.357. The number of carbonyl (C=O) groups is 2. The minimum Gasteiger partial charge on any atom is -0.445 e. The molecule has 2 N–H and O–H groups in total. The van der Waals surface area contributed by atoms with Crippen LogP contribution in [0.5, 0.6) is 0 Å². The van der Waals surface area contributed by atoms with Crippen molar-refractivity contribution in [3.63, 3.8) is 0 Å². The third-order valence-electron chi connectivity index (χ3n) is 1.09. The van der Waals surface area contributed by atoms with Gasteiger partial charge in [0, 0.05) is 6.42 Å². The van der Waals surface area contributed by atoms with Crippen LogP contribution in [0, 0.1) is 0 Å². The first-order valence-corrected chi connectivity index (χ1v) is 3.25. The number of carbonyl (C=O) groups excluding carboxylic acids is 2. The molecular weight excluding hydrogens is 150 g/mol. The van der Waals surface area contributed by atoms with E-state index in [9.17, 15) is 9.59 Å². The zero-order valence-electron chi connectivity index (χ0n) is 6.24. The Morgan fingerprint density at radius 3 is 2.91 bits per heavy atom. The lowest BCUT2D eigenvalue weighted by molar-refractivity contribution is -0.108. The Balaban J connectivity index is 3.42. The standard InChI is InChI=1S/C6H11NO4/c1-5(3-2-4-8)11-6(9)7-10/h4-5,10H,2-3H2,1H3,(H,7,9). The molecule has 0 bridgehead atoms. The fourth-order valence-electron chi connectivity index (χ4n) is 0.571. The Hall–Kier alpha value is -1.10. The summed E-state index contributed by atoms with van der Waals surface area (Å²) in [6, 6.07) is 0. The average Bonchev–Trinajstić information content (AvgIpc) is 2.00. The molecule has 0 rings (SSSR count). The molecule has 0 aliphatic carbocycles. The molecule has 0 aliphatic rings. The van der Waals surface area contributed by atoms with Gasteiger partial charge >= 0.3 is 6.09 Å². The zero-order chi connectivity index (χ0) is 8.69. The maximum atomic E-state index is 10.3. The van der Waals surface area contributed by atoms with Crippen LogP contribution >= 0.6 is 0 Å². The number of amides is 1. The van der Waals surface area contributed by atoms with Gasteiger partial charge in [0.05, 0.1) is 0 Å². The Labute approximate surface area is 64.3 Å². The first-order valence-electron chi connectivity index (χ1n) is 3.25. The van der Waals surface area contributed by atoms with Crippen LogP contribution in [0.15, 0.2) is 0 Å². The minimum atomic E-state index is -0.900. The highest BCUT2D eigenvalue weighted by Crippen LogP contribution is 1.99. The van der Waals surface area contributed by atoms with Gasteiger partial charge in [0.2, 0.25) is 0 Å². The van der Waals surface area contributed by atoms with E-state index in [2.05, 4.69) is 4.74 Å². The van der Waals surface area contributed by atoms with Gasteiger partial charge in [0.25, 0.3) is 0 Å². The summed E-state index contributed by atoms with van der Waals surface area (Å²) in [5, 5.41) is 8.02. The van der Waals surface area contributed by atoms with Crippen LogP contribution in [0.25, 0.3) is 0 Å². The fourth-order valence-corrected chi connectivity index (χ4v) is 0.571. The van der Waals surface area contributed by atoms with Crippen molar-refractivity contribution in [3.8, 4) is 0 Å². The molecule has 0 aliphatic heterocycles. The van der Waals surface area contributed by atoms with Crippen LogP contribution in [0.1, 0.15) is 19.8 Å². The topological polar surface area (TPSA) is 75.6 Å². The van der Waals surface area contributed by atoms with Gasteiger partial charge in [0.15, 0.2) is 0 Å². The second-order valence-corrected chi connectivity index (χ2v) is 2.07. The van der Waals surface area contributed by atoms with Crippen molar-refractivity contribution in [1.82, 2.24) is 5.48 Å². The summed E-state index contributed by atoms with van der Waals surface area (Å²) in [6.45, 7) is 1.64. The van der Waals surface area contributed by atoms with Gasteiger partial charge in [-0.1, -0.05) is 0 Å². The highest BCUT2D eigenvalue weighted by molar-refractivity contribution is 5.65. The fraction of sp³-hybridized carbons (Fsp3) is 0.667. The van der Waals surface area contributed by atoms with Crippen molar-refractivity contribution in [1.29, 1.82) is 0 Å². The van der Waals surface area contributed by atoms with Gasteiger partial charge in [-0.3, -0.25) is 5.21 Å². The van der Waals surface area contributed by atoms with Gasteiger partial charge < -0.3 is 9.53 Å². The predicted molar refractivity (Wildman–Crippen MR) is 36.2 cm³/mol. The summed E-state index contributed by atoms with van der Waals surface area (Å²) in [5.41, 5.74) is 1.32. The van der Waals surface area contributed by atoms with E-state index in [4.69, 9.17) is 5.21 Å². The molecule has 0 aromatic carbocycles. The number of aldehydes is 1. The van der Waals surface area contributed by atoms with Crippen LogP contribution in [0.3, 0.4) is 0 Å². The van der Waals surface area contributed by atoms with E-state index in [1.54, 1.807) is 6.92 Å². The first kappa shape index (κ1) is 9.90. The minimum absolute atomic E-state index is 0.347. The molecule has 0 saturated carbocycles. The Morgan fingerprint density at radius 2 is 2.45 bits per heavy atom. The molecule has 0 aromatic rings. The predicted octanol–water partition coefficient (Wildman–Crippen LogP) is 0.469. The monoisotopic (exact) mass is 161 g/mol. The summed E-state index contributed by atoms with van der Waals surface area (Å²) in [5.74, 6) is 0. The van der Waals surface area contributed by atoms with Crippen LogP contribution in [0.2, 0.25) is 0 Å². The van der Waals surface area contributed by atoms with Crippen molar-refractivity contribution in [3.05, 3.63) is 0 Å². The Morgan fingerprint density at radius 1 is 1.82 bits per heavy atom. The van der Waals surface area contributed by atoms with Crippen LogP contribution in [0.4, 0.5) is 4.79 Å². The molecule has 1 amide bonds. The van der Waals surface area contributed by atoms with E-state index >= 15 is 0 Å². The molecule has 1 atom stereocenters. The lowest BCUT2D eigenvalue weighted by atomic mass is 10.2. The second kappa shape index (κ2) is 5.67. The molecule has 0 heterocycles. The summed E-state index contributed by atoms with van der Waals surface area (Å²) in [7, 11) is 0. The molecular formula is C6H11NO4. The molecule has 0 aromatic heterocycles. The van der Waals surface area contributed by atoms with Crippen LogP contribution in [-0.2, 0) is 9.53 Å².